The van der Waals surface area contributed by atoms with Crippen LogP contribution in [0.1, 0.15) is 48.7 Å². The van der Waals surface area contributed by atoms with E-state index in [9.17, 15) is 13.2 Å². The van der Waals surface area contributed by atoms with Gasteiger partial charge in [0.1, 0.15) is 5.76 Å². The van der Waals surface area contributed by atoms with Crippen LogP contribution >= 0.6 is 0 Å². The summed E-state index contributed by atoms with van der Waals surface area (Å²) in [5.41, 5.74) is 1.71. The van der Waals surface area contributed by atoms with Gasteiger partial charge in [-0.1, -0.05) is 13.3 Å². The van der Waals surface area contributed by atoms with Crippen LogP contribution in [0.4, 0.5) is 11.4 Å². The molecule has 1 fully saturated rings. The lowest BCUT2D eigenvalue weighted by Crippen LogP contribution is -2.31. The van der Waals surface area contributed by atoms with Gasteiger partial charge in [-0.2, -0.15) is 0 Å². The smallest absolute Gasteiger partial charge is 0.256 e. The molecule has 29 heavy (non-hydrogen) atoms. The molecule has 1 aromatic heterocycles. The van der Waals surface area contributed by atoms with E-state index < -0.39 is 10.0 Å². The molecule has 0 radical (unpaired) electrons. The first-order chi connectivity index (χ1) is 13.9. The monoisotopic (exact) mass is 419 g/mol. The number of nitrogens with zero attached hydrogens (tertiary/aromatic N) is 2. The maximum absolute atomic E-state index is 13.3. The minimum Gasteiger partial charge on any atom is -0.467 e. The lowest BCUT2D eigenvalue weighted by Gasteiger charge is -2.28. The van der Waals surface area contributed by atoms with Crippen LogP contribution < -0.4 is 9.62 Å². The van der Waals surface area contributed by atoms with E-state index in [0.29, 0.717) is 17.8 Å². The molecule has 7 nitrogen and oxygen atoms in total. The molecule has 1 aliphatic rings. The van der Waals surface area contributed by atoms with Crippen molar-refractivity contribution >= 4 is 27.3 Å². The molecule has 0 saturated carbocycles. The minimum atomic E-state index is -3.43. The molecular weight excluding hydrogens is 390 g/mol. The predicted octanol–water partition coefficient (Wildman–Crippen LogP) is 3.69. The van der Waals surface area contributed by atoms with Crippen molar-refractivity contribution in [3.8, 4) is 0 Å². The highest BCUT2D eigenvalue weighted by Gasteiger charge is 2.25. The number of amides is 1. The third kappa shape index (κ3) is 5.76. The molecule has 1 amide bonds. The Labute approximate surface area is 172 Å². The molecular formula is C21H29N3O4S. The maximum Gasteiger partial charge on any atom is 0.256 e. The first kappa shape index (κ1) is 21.2. The number of unbranched alkanes of at least 4 members (excludes halogenated alkanes) is 1. The van der Waals surface area contributed by atoms with Crippen LogP contribution in [0.3, 0.4) is 0 Å². The molecule has 1 aromatic carbocycles. The highest BCUT2D eigenvalue weighted by Crippen LogP contribution is 2.29. The van der Waals surface area contributed by atoms with Crippen LogP contribution in [-0.2, 0) is 16.6 Å². The van der Waals surface area contributed by atoms with Crippen LogP contribution in [0.25, 0.3) is 0 Å². The second-order valence-electron chi connectivity index (χ2n) is 7.46. The number of sulfonamides is 1. The third-order valence-corrected chi connectivity index (χ3v) is 5.58. The summed E-state index contributed by atoms with van der Waals surface area (Å²) in [6, 6.07) is 8.95. The highest BCUT2D eigenvalue weighted by molar-refractivity contribution is 7.92. The van der Waals surface area contributed by atoms with Crippen molar-refractivity contribution in [2.75, 3.05) is 35.5 Å². The average molecular weight is 420 g/mol. The summed E-state index contributed by atoms with van der Waals surface area (Å²) in [7, 11) is -3.43. The molecule has 0 aliphatic carbocycles. The standard InChI is InChI=1S/C21H29N3O4S/c1-3-4-11-24(16-18-8-7-14-28-18)20-10-9-17(22-29(2,26)27)15-19(20)21(25)23-12-5-6-13-23/h7-10,14-15,22H,3-6,11-13,16H2,1-2H3. The van der Waals surface area contributed by atoms with Crippen molar-refractivity contribution < 1.29 is 17.6 Å². The van der Waals surface area contributed by atoms with Crippen molar-refractivity contribution in [3.05, 3.63) is 47.9 Å². The summed E-state index contributed by atoms with van der Waals surface area (Å²) in [4.78, 5) is 17.2. The molecule has 3 rings (SSSR count). The zero-order valence-electron chi connectivity index (χ0n) is 17.1. The van der Waals surface area contributed by atoms with E-state index in [1.54, 1.807) is 18.4 Å². The number of likely N-dealkylation sites (tertiary alicyclic amines) is 1. The first-order valence-corrected chi connectivity index (χ1v) is 11.9. The first-order valence-electron chi connectivity index (χ1n) is 10.1. The Morgan fingerprint density at radius 3 is 2.62 bits per heavy atom. The van der Waals surface area contributed by atoms with Gasteiger partial charge < -0.3 is 14.2 Å². The molecule has 2 aromatic rings. The largest absolute Gasteiger partial charge is 0.467 e. The number of furan rings is 1. The number of benzene rings is 1. The van der Waals surface area contributed by atoms with Crippen LogP contribution in [0.5, 0.6) is 0 Å². The Hall–Kier alpha value is -2.48. The van der Waals surface area contributed by atoms with Gasteiger partial charge >= 0.3 is 0 Å². The molecule has 8 heteroatoms. The summed E-state index contributed by atoms with van der Waals surface area (Å²) in [5.74, 6) is 0.759. The fraction of sp³-hybridized carbons (Fsp3) is 0.476. The second-order valence-corrected chi connectivity index (χ2v) is 9.21. The Morgan fingerprint density at radius 2 is 2.00 bits per heavy atom. The van der Waals surface area contributed by atoms with Crippen molar-refractivity contribution in [1.82, 2.24) is 4.90 Å². The van der Waals surface area contributed by atoms with Crippen LogP contribution in [-0.4, -0.2) is 45.1 Å². The van der Waals surface area contributed by atoms with Crippen LogP contribution in [0, 0.1) is 0 Å². The van der Waals surface area contributed by atoms with Crippen LogP contribution in [0.15, 0.2) is 41.0 Å². The summed E-state index contributed by atoms with van der Waals surface area (Å²) < 4.78 is 31.4. The fourth-order valence-corrected chi connectivity index (χ4v) is 4.13. The van der Waals surface area contributed by atoms with Crippen molar-refractivity contribution in [3.63, 3.8) is 0 Å². The molecule has 0 spiro atoms. The number of nitrogens with one attached hydrogen (secondary N) is 1. The number of hydrogen-bond acceptors (Lipinski definition) is 5. The zero-order chi connectivity index (χ0) is 20.9. The van der Waals surface area contributed by atoms with E-state index in [4.69, 9.17) is 4.42 Å². The molecule has 1 saturated heterocycles. The lowest BCUT2D eigenvalue weighted by atomic mass is 10.1. The zero-order valence-corrected chi connectivity index (χ0v) is 17.9. The molecule has 2 heterocycles. The Kier molecular flexibility index (Phi) is 6.84. The van der Waals surface area contributed by atoms with Crippen molar-refractivity contribution in [1.29, 1.82) is 0 Å². The summed E-state index contributed by atoms with van der Waals surface area (Å²) in [5, 5.41) is 0. The number of carbonyl (C=O) groups is 1. The molecule has 0 bridgehead atoms. The lowest BCUT2D eigenvalue weighted by molar-refractivity contribution is 0.0793. The van der Waals surface area contributed by atoms with Gasteiger partial charge in [-0.15, -0.1) is 0 Å². The third-order valence-electron chi connectivity index (χ3n) is 4.97. The van der Waals surface area contributed by atoms with Crippen molar-refractivity contribution in [2.24, 2.45) is 0 Å². The quantitative estimate of drug-likeness (QED) is 0.670. The molecule has 0 atom stereocenters. The average Bonchev–Trinajstić information content (AvgIpc) is 3.37. The molecule has 0 unspecified atom stereocenters. The number of anilines is 2. The Bertz CT molecular complexity index is 919. The van der Waals surface area contributed by atoms with Crippen molar-refractivity contribution in [2.45, 2.75) is 39.2 Å². The fourth-order valence-electron chi connectivity index (χ4n) is 3.58. The van der Waals surface area contributed by atoms with Gasteiger partial charge in [0.2, 0.25) is 10.0 Å². The maximum atomic E-state index is 13.3. The summed E-state index contributed by atoms with van der Waals surface area (Å²) in [6.07, 6.45) is 6.73. The number of carbonyl (C=O) groups excluding carboxylic acids is 1. The normalized spacial score (nSPS) is 14.2. The van der Waals surface area contributed by atoms with E-state index in [-0.39, 0.29) is 5.91 Å². The summed E-state index contributed by atoms with van der Waals surface area (Å²) >= 11 is 0. The van der Waals surface area contributed by atoms with Crippen LogP contribution in [0.2, 0.25) is 0 Å². The van der Waals surface area contributed by atoms with Gasteiger partial charge in [-0.25, -0.2) is 8.42 Å². The topological polar surface area (TPSA) is 82.9 Å². The number of rotatable bonds is 9. The predicted molar refractivity (Wildman–Crippen MR) is 115 cm³/mol. The van der Waals surface area contributed by atoms with E-state index in [1.807, 2.05) is 23.1 Å². The van der Waals surface area contributed by atoms with E-state index in [2.05, 4.69) is 16.5 Å². The number of hydrogen-bond donors (Lipinski definition) is 1. The van der Waals surface area contributed by atoms with Gasteiger partial charge in [0.25, 0.3) is 5.91 Å². The van der Waals surface area contributed by atoms with E-state index in [1.165, 1.54) is 0 Å². The molecule has 158 valence electrons. The Balaban J connectivity index is 1.99. The van der Waals surface area contributed by atoms with Gasteiger partial charge in [0.05, 0.1) is 30.3 Å². The highest BCUT2D eigenvalue weighted by atomic mass is 32.2. The summed E-state index contributed by atoms with van der Waals surface area (Å²) in [6.45, 7) is 4.91. The van der Waals surface area contributed by atoms with Gasteiger partial charge in [-0.05, 0) is 49.6 Å². The molecule has 1 N–H and O–H groups in total. The van der Waals surface area contributed by atoms with E-state index in [0.717, 1.165) is 63.0 Å². The van der Waals surface area contributed by atoms with Gasteiger partial charge in [0, 0.05) is 25.3 Å². The van der Waals surface area contributed by atoms with Gasteiger partial charge in [-0.3, -0.25) is 9.52 Å². The SMILES string of the molecule is CCCCN(Cc1ccco1)c1ccc(NS(C)(=O)=O)cc1C(=O)N1CCCC1. The van der Waals surface area contributed by atoms with E-state index >= 15 is 0 Å². The Morgan fingerprint density at radius 1 is 1.24 bits per heavy atom. The van der Waals surface area contributed by atoms with Gasteiger partial charge in [0.15, 0.2) is 0 Å². The molecule has 1 aliphatic heterocycles. The second kappa shape index (κ2) is 9.35. The minimum absolute atomic E-state index is 0.0596.